The number of carbonyl (C=O) groups is 4. The van der Waals surface area contributed by atoms with E-state index in [4.69, 9.17) is 15.3 Å². The molecule has 0 radical (unpaired) electrons. The van der Waals surface area contributed by atoms with Crippen molar-refractivity contribution in [3.05, 3.63) is 50.5 Å². The summed E-state index contributed by atoms with van der Waals surface area (Å²) >= 11 is 2.36. The number of ether oxygens (including phenoxy) is 1. The summed E-state index contributed by atoms with van der Waals surface area (Å²) in [5, 5.41) is 27.1. The molecular weight excluding hydrogens is 667 g/mol. The summed E-state index contributed by atoms with van der Waals surface area (Å²) in [6.07, 6.45) is 1.68. The summed E-state index contributed by atoms with van der Waals surface area (Å²) < 4.78 is 5.73. The minimum absolute atomic E-state index is 0.0553. The van der Waals surface area contributed by atoms with Gasteiger partial charge in [0.15, 0.2) is 16.6 Å². The standard InChI is InChI=1S/C30H39N7O9S2/c1-29(2,3)45-27(44)30(4,5)46-35-20(17-14-48-28(31)33-17)23(40)34-21-24(41)36-22(26(42)43)15(13-47-25(21)36)12-37(6,7)9-8-16-10-18(38)19(39)11-32-16/h10-11,14,21,25H,8-9,12-13H2,1-7H3,(H5-,31,32,33,34,35,38,39,40,42,43)/p+1/t21-,25+/m1/s1. The highest BCUT2D eigenvalue weighted by Crippen LogP contribution is 2.41. The number of H-pyrrole nitrogens is 1. The molecule has 1 fully saturated rings. The number of likely N-dealkylation sites (N-methyl/N-ethyl adjacent to an activating group) is 1. The zero-order chi connectivity index (χ0) is 35.8. The van der Waals surface area contributed by atoms with Crippen LogP contribution in [-0.2, 0) is 35.2 Å². The normalized spacial score (nSPS) is 18.6. The third-order valence-electron chi connectivity index (χ3n) is 7.33. The van der Waals surface area contributed by atoms with Gasteiger partial charge < -0.3 is 40.3 Å². The van der Waals surface area contributed by atoms with Gasteiger partial charge in [-0.1, -0.05) is 5.16 Å². The average molecular weight is 707 g/mol. The number of hydrogen-bond acceptors (Lipinski definition) is 13. The van der Waals surface area contributed by atoms with Gasteiger partial charge in [-0.2, -0.15) is 0 Å². The van der Waals surface area contributed by atoms with Gasteiger partial charge in [0.1, 0.15) is 35.0 Å². The first kappa shape index (κ1) is 36.4. The number of esters is 1. The van der Waals surface area contributed by atoms with E-state index >= 15 is 0 Å². The topological polar surface area (TPSA) is 227 Å². The van der Waals surface area contributed by atoms with Crippen molar-refractivity contribution in [2.24, 2.45) is 5.16 Å². The van der Waals surface area contributed by atoms with Crippen LogP contribution in [0.2, 0.25) is 0 Å². The van der Waals surface area contributed by atoms with Crippen molar-refractivity contribution < 1.29 is 43.4 Å². The molecule has 2 aliphatic rings. The Morgan fingerprint density at radius 1 is 1.23 bits per heavy atom. The molecule has 0 saturated carbocycles. The Balaban J connectivity index is 1.50. The smallest absolute Gasteiger partial charge is 0.353 e. The van der Waals surface area contributed by atoms with E-state index in [1.54, 1.807) is 20.8 Å². The number of thioether (sulfide) groups is 1. The molecule has 0 aliphatic carbocycles. The van der Waals surface area contributed by atoms with E-state index in [-0.39, 0.29) is 33.7 Å². The number of thiazole rings is 1. The highest BCUT2D eigenvalue weighted by atomic mass is 32.2. The molecule has 4 heterocycles. The summed E-state index contributed by atoms with van der Waals surface area (Å²) in [7, 11) is 3.81. The molecule has 6 N–H and O–H groups in total. The zero-order valence-electron chi connectivity index (χ0n) is 27.7. The summed E-state index contributed by atoms with van der Waals surface area (Å²) in [6.45, 7) is 8.76. The quantitative estimate of drug-likeness (QED) is 0.0686. The van der Waals surface area contributed by atoms with Crippen molar-refractivity contribution in [3.63, 3.8) is 0 Å². The van der Waals surface area contributed by atoms with Crippen LogP contribution in [-0.4, -0.2) is 115 Å². The van der Waals surface area contributed by atoms with E-state index in [1.807, 2.05) is 14.1 Å². The fraction of sp³-hybridized carbons (Fsp3) is 0.500. The third-order valence-corrected chi connectivity index (χ3v) is 9.34. The summed E-state index contributed by atoms with van der Waals surface area (Å²) in [4.78, 5) is 77.5. The maximum atomic E-state index is 13.5. The van der Waals surface area contributed by atoms with Gasteiger partial charge in [-0.25, -0.2) is 14.6 Å². The van der Waals surface area contributed by atoms with Crippen LogP contribution in [0.1, 0.15) is 46.0 Å². The molecule has 0 aromatic carbocycles. The molecule has 0 unspecified atom stereocenters. The molecule has 2 aliphatic heterocycles. The van der Waals surface area contributed by atoms with Crippen LogP contribution in [0.4, 0.5) is 5.13 Å². The molecule has 2 aromatic heterocycles. The van der Waals surface area contributed by atoms with Gasteiger partial charge in [-0.05, 0) is 34.6 Å². The lowest BCUT2D eigenvalue weighted by molar-refractivity contribution is -0.885. The number of rotatable bonds is 12. The lowest BCUT2D eigenvalue weighted by atomic mass is 10.0. The second kappa shape index (κ2) is 13.6. The second-order valence-electron chi connectivity index (χ2n) is 13.5. The molecule has 48 heavy (non-hydrogen) atoms. The number of carboxylic acids is 1. The van der Waals surface area contributed by atoms with Crippen LogP contribution in [0.15, 0.2) is 38.9 Å². The highest BCUT2D eigenvalue weighted by Gasteiger charge is 2.55. The second-order valence-corrected chi connectivity index (χ2v) is 15.5. The minimum Gasteiger partial charge on any atom is -0.503 e. The maximum Gasteiger partial charge on any atom is 0.353 e. The summed E-state index contributed by atoms with van der Waals surface area (Å²) in [5.74, 6) is -3.53. The minimum atomic E-state index is -1.59. The molecule has 260 valence electrons. The van der Waals surface area contributed by atoms with Gasteiger partial charge in [-0.3, -0.25) is 19.3 Å². The number of amides is 2. The Morgan fingerprint density at radius 3 is 2.50 bits per heavy atom. The molecule has 16 nitrogen and oxygen atoms in total. The van der Waals surface area contributed by atoms with Crippen molar-refractivity contribution in [1.82, 2.24) is 20.2 Å². The number of nitrogens with one attached hydrogen (secondary N) is 2. The van der Waals surface area contributed by atoms with Gasteiger partial charge in [0, 0.05) is 41.1 Å². The Labute approximate surface area is 284 Å². The molecule has 0 spiro atoms. The lowest BCUT2D eigenvalue weighted by Crippen LogP contribution is -2.71. The van der Waals surface area contributed by atoms with Gasteiger partial charge in [0.25, 0.3) is 11.8 Å². The highest BCUT2D eigenvalue weighted by molar-refractivity contribution is 8.00. The van der Waals surface area contributed by atoms with Crippen molar-refractivity contribution in [1.29, 1.82) is 0 Å². The number of aromatic amines is 1. The lowest BCUT2D eigenvalue weighted by Gasteiger charge is -2.49. The first-order valence-corrected chi connectivity index (χ1v) is 16.8. The Hall–Kier alpha value is -4.42. The largest absolute Gasteiger partial charge is 0.503 e. The van der Waals surface area contributed by atoms with E-state index < -0.39 is 51.8 Å². The number of aromatic nitrogens is 2. The number of oxime groups is 1. The van der Waals surface area contributed by atoms with Crippen LogP contribution < -0.4 is 16.5 Å². The van der Waals surface area contributed by atoms with Gasteiger partial charge in [-0.15, -0.1) is 23.1 Å². The van der Waals surface area contributed by atoms with E-state index in [1.165, 1.54) is 48.2 Å². The van der Waals surface area contributed by atoms with Gasteiger partial charge >= 0.3 is 11.9 Å². The van der Waals surface area contributed by atoms with Crippen LogP contribution >= 0.6 is 23.1 Å². The number of fused-ring (bicyclic) bond motifs is 1. The number of aromatic hydroxyl groups is 1. The van der Waals surface area contributed by atoms with Crippen LogP contribution in [0, 0.1) is 0 Å². The van der Waals surface area contributed by atoms with Crippen molar-refractivity contribution in [2.75, 3.05) is 38.7 Å². The van der Waals surface area contributed by atoms with Crippen molar-refractivity contribution in [2.45, 2.75) is 63.7 Å². The number of aliphatic carboxylic acids is 1. The number of quaternary nitrogens is 1. The number of anilines is 1. The number of nitrogen functional groups attached to an aromatic ring is 1. The average Bonchev–Trinajstić information content (AvgIpc) is 3.40. The molecule has 0 bridgehead atoms. The fourth-order valence-corrected chi connectivity index (χ4v) is 6.77. The van der Waals surface area contributed by atoms with Crippen LogP contribution in [0.3, 0.4) is 0 Å². The maximum absolute atomic E-state index is 13.5. The van der Waals surface area contributed by atoms with E-state index in [9.17, 15) is 34.2 Å². The number of β-lactam (4-membered cyclic amide) rings is 1. The monoisotopic (exact) mass is 706 g/mol. The molecule has 4 rings (SSSR count). The predicted molar refractivity (Wildman–Crippen MR) is 178 cm³/mol. The molecule has 1 saturated heterocycles. The molecule has 2 amide bonds. The third kappa shape index (κ3) is 8.35. The number of carboxylic acid groups (broad SMARTS) is 1. The number of nitrogens with zero attached hydrogens (tertiary/aromatic N) is 4. The Kier molecular flexibility index (Phi) is 10.3. The van der Waals surface area contributed by atoms with E-state index in [2.05, 4.69) is 20.4 Å². The molecule has 2 aromatic rings. The van der Waals surface area contributed by atoms with E-state index in [0.29, 0.717) is 35.3 Å². The SMILES string of the molecule is CC(C)(C)OC(=O)C(C)(C)ON=C(C(=O)N[C@@H]1C(=O)N2C(C(=O)O)=C(C[N+](C)(C)CCc3cc(=O)c(O)c[nH]3)CS[C@@H]12)c1csc(N)n1. The Morgan fingerprint density at radius 2 is 1.92 bits per heavy atom. The van der Waals surface area contributed by atoms with Crippen molar-refractivity contribution in [3.8, 4) is 5.75 Å². The van der Waals surface area contributed by atoms with E-state index in [0.717, 1.165) is 11.3 Å². The van der Waals surface area contributed by atoms with Gasteiger partial charge in [0.2, 0.25) is 11.0 Å². The van der Waals surface area contributed by atoms with Crippen molar-refractivity contribution >= 4 is 57.7 Å². The molecular formula is C30H40N7O9S2+. The number of pyridine rings is 1. The first-order valence-electron chi connectivity index (χ1n) is 14.8. The fourth-order valence-electron chi connectivity index (χ4n) is 4.88. The van der Waals surface area contributed by atoms with Crippen LogP contribution in [0.5, 0.6) is 5.75 Å². The summed E-state index contributed by atoms with van der Waals surface area (Å²) in [5.41, 5.74) is 3.64. The summed E-state index contributed by atoms with van der Waals surface area (Å²) in [6, 6.07) is 0.242. The Bertz CT molecular complexity index is 1740. The number of hydrogen-bond donors (Lipinski definition) is 5. The predicted octanol–water partition coefficient (Wildman–Crippen LogP) is 1.02. The first-order chi connectivity index (χ1) is 22.2. The van der Waals surface area contributed by atoms with Gasteiger partial charge in [0.05, 0.1) is 20.6 Å². The van der Waals surface area contributed by atoms with Crippen LogP contribution in [0.25, 0.3) is 0 Å². The molecule has 2 atom stereocenters. The number of carbonyl (C=O) groups excluding carboxylic acids is 3. The number of nitrogens with two attached hydrogens (primary N) is 1. The zero-order valence-corrected chi connectivity index (χ0v) is 29.3. The molecule has 18 heteroatoms.